The maximum absolute atomic E-state index is 13.8. The zero-order valence-electron chi connectivity index (χ0n) is 14.6. The Balaban J connectivity index is 1.71. The minimum Gasteiger partial charge on any atom is -0.248 e. The van der Waals surface area contributed by atoms with Crippen LogP contribution in [0.15, 0.2) is 72.8 Å². The van der Waals surface area contributed by atoms with E-state index in [0.717, 1.165) is 32.7 Å². The van der Waals surface area contributed by atoms with E-state index in [2.05, 4.69) is 22.9 Å². The first kappa shape index (κ1) is 16.3. The molecule has 0 fully saturated rings. The van der Waals surface area contributed by atoms with Crippen molar-refractivity contribution in [1.29, 1.82) is 0 Å². The Kier molecular flexibility index (Phi) is 3.73. The minimum absolute atomic E-state index is 0.255. The van der Waals surface area contributed by atoms with Gasteiger partial charge in [0.1, 0.15) is 17.3 Å². The number of nitrogens with zero attached hydrogens (tertiary/aromatic N) is 2. The first-order valence-electron chi connectivity index (χ1n) is 8.74. The fourth-order valence-electron chi connectivity index (χ4n) is 3.25. The predicted octanol–water partition coefficient (Wildman–Crippen LogP) is 5.61. The van der Waals surface area contributed by atoms with Gasteiger partial charge < -0.3 is 0 Å². The Bertz CT molecular complexity index is 1430. The molecule has 0 spiro atoms. The van der Waals surface area contributed by atoms with E-state index in [1.165, 1.54) is 18.2 Å². The number of halogens is 2. The van der Waals surface area contributed by atoms with E-state index < -0.39 is 11.6 Å². The number of pyridine rings is 2. The molecule has 2 aromatic heterocycles. The highest BCUT2D eigenvalue weighted by molar-refractivity contribution is 6.07. The van der Waals surface area contributed by atoms with Crippen LogP contribution in [0.4, 0.5) is 8.78 Å². The quantitative estimate of drug-likeness (QED) is 0.202. The Morgan fingerprint density at radius 3 is 2.29 bits per heavy atom. The molecule has 0 radical (unpaired) electrons. The summed E-state index contributed by atoms with van der Waals surface area (Å²) in [4.78, 5) is 9.33. The van der Waals surface area contributed by atoms with Crippen LogP contribution in [0, 0.1) is 23.5 Å². The molecule has 0 aliphatic rings. The molecule has 2 nitrogen and oxygen atoms in total. The van der Waals surface area contributed by atoms with Crippen LogP contribution < -0.4 is 0 Å². The van der Waals surface area contributed by atoms with E-state index in [1.54, 1.807) is 6.07 Å². The standard InChI is InChI=1S/C24H12F2N2/c25-20-5-3-6-21(26)18(20)12-11-17-10-8-15-9-13-23-19(24(15)27-17)14-16-4-1-2-7-22(16)28-23/h1-10,13-14H. The third kappa shape index (κ3) is 2.74. The zero-order valence-corrected chi connectivity index (χ0v) is 14.6. The third-order valence-corrected chi connectivity index (χ3v) is 4.63. The summed E-state index contributed by atoms with van der Waals surface area (Å²) in [5.41, 5.74) is 2.70. The molecule has 132 valence electrons. The summed E-state index contributed by atoms with van der Waals surface area (Å²) >= 11 is 0. The second kappa shape index (κ2) is 6.40. The van der Waals surface area contributed by atoms with Crippen LogP contribution >= 0.6 is 0 Å². The highest BCUT2D eigenvalue weighted by Crippen LogP contribution is 2.26. The molecule has 0 unspecified atom stereocenters. The molecule has 4 heteroatoms. The first-order valence-corrected chi connectivity index (χ1v) is 8.74. The van der Waals surface area contributed by atoms with Crippen molar-refractivity contribution < 1.29 is 8.78 Å². The lowest BCUT2D eigenvalue weighted by molar-refractivity contribution is 0.577. The molecule has 0 N–H and O–H groups in total. The zero-order chi connectivity index (χ0) is 19.1. The fourth-order valence-corrected chi connectivity index (χ4v) is 3.25. The van der Waals surface area contributed by atoms with Crippen LogP contribution in [0.25, 0.3) is 32.7 Å². The van der Waals surface area contributed by atoms with E-state index in [4.69, 9.17) is 4.98 Å². The van der Waals surface area contributed by atoms with Gasteiger partial charge in [0.25, 0.3) is 0 Å². The monoisotopic (exact) mass is 366 g/mol. The SMILES string of the molecule is Fc1cccc(F)c1C#Cc1ccc2ccc3nc4ccccc4cc3c2n1. The number of benzene rings is 3. The summed E-state index contributed by atoms with van der Waals surface area (Å²) in [7, 11) is 0. The Morgan fingerprint density at radius 1 is 0.643 bits per heavy atom. The molecule has 5 aromatic rings. The molecule has 0 saturated heterocycles. The smallest absolute Gasteiger partial charge is 0.141 e. The van der Waals surface area contributed by atoms with Crippen LogP contribution in [0.5, 0.6) is 0 Å². The normalized spacial score (nSPS) is 10.9. The van der Waals surface area contributed by atoms with Gasteiger partial charge >= 0.3 is 0 Å². The van der Waals surface area contributed by atoms with Crippen molar-refractivity contribution in [1.82, 2.24) is 9.97 Å². The Labute approximate surface area is 159 Å². The summed E-state index contributed by atoms with van der Waals surface area (Å²) in [6, 6.07) is 21.2. The summed E-state index contributed by atoms with van der Waals surface area (Å²) in [6.07, 6.45) is 0. The van der Waals surface area contributed by atoms with Gasteiger partial charge in [0, 0.05) is 16.2 Å². The summed E-state index contributed by atoms with van der Waals surface area (Å²) < 4.78 is 27.6. The van der Waals surface area contributed by atoms with Gasteiger partial charge in [-0.15, -0.1) is 0 Å². The van der Waals surface area contributed by atoms with Gasteiger partial charge in [0.05, 0.1) is 22.1 Å². The lowest BCUT2D eigenvalue weighted by Crippen LogP contribution is -1.91. The topological polar surface area (TPSA) is 25.8 Å². The molecule has 0 amide bonds. The van der Waals surface area contributed by atoms with Crippen molar-refractivity contribution in [2.24, 2.45) is 0 Å². The highest BCUT2D eigenvalue weighted by atomic mass is 19.1. The first-order chi connectivity index (χ1) is 13.7. The van der Waals surface area contributed by atoms with Crippen LogP contribution in [0.2, 0.25) is 0 Å². The molecule has 0 aliphatic heterocycles. The van der Waals surface area contributed by atoms with Gasteiger partial charge in [-0.2, -0.15) is 0 Å². The van der Waals surface area contributed by atoms with Crippen molar-refractivity contribution in [3.63, 3.8) is 0 Å². The van der Waals surface area contributed by atoms with Gasteiger partial charge in [-0.05, 0) is 48.4 Å². The number of para-hydroxylation sites is 1. The predicted molar refractivity (Wildman–Crippen MR) is 107 cm³/mol. The van der Waals surface area contributed by atoms with E-state index in [-0.39, 0.29) is 5.56 Å². The van der Waals surface area contributed by atoms with E-state index >= 15 is 0 Å². The second-order valence-electron chi connectivity index (χ2n) is 6.43. The van der Waals surface area contributed by atoms with Crippen molar-refractivity contribution in [2.45, 2.75) is 0 Å². The molecule has 0 bridgehead atoms. The second-order valence-corrected chi connectivity index (χ2v) is 6.43. The van der Waals surface area contributed by atoms with Gasteiger partial charge in [-0.3, -0.25) is 0 Å². The van der Waals surface area contributed by atoms with Gasteiger partial charge in [0.2, 0.25) is 0 Å². The molecular formula is C24H12F2N2. The average molecular weight is 366 g/mol. The van der Waals surface area contributed by atoms with Crippen molar-refractivity contribution >= 4 is 32.7 Å². The highest BCUT2D eigenvalue weighted by Gasteiger charge is 2.07. The maximum Gasteiger partial charge on any atom is 0.141 e. The maximum atomic E-state index is 13.8. The number of aromatic nitrogens is 2. The molecule has 2 heterocycles. The molecule has 3 aromatic carbocycles. The van der Waals surface area contributed by atoms with Crippen molar-refractivity contribution in [3.8, 4) is 11.8 Å². The Hall–Kier alpha value is -3.84. The summed E-state index contributed by atoms with van der Waals surface area (Å²) in [5, 5.41) is 2.89. The van der Waals surface area contributed by atoms with Crippen molar-refractivity contribution in [2.75, 3.05) is 0 Å². The Morgan fingerprint density at radius 2 is 1.43 bits per heavy atom. The molecule has 28 heavy (non-hydrogen) atoms. The van der Waals surface area contributed by atoms with Gasteiger partial charge in [0.15, 0.2) is 0 Å². The molecule has 0 aliphatic carbocycles. The molecule has 0 atom stereocenters. The van der Waals surface area contributed by atoms with Gasteiger partial charge in [-0.1, -0.05) is 36.3 Å². The average Bonchev–Trinajstić information content (AvgIpc) is 2.72. The summed E-state index contributed by atoms with van der Waals surface area (Å²) in [6.45, 7) is 0. The number of rotatable bonds is 0. The number of hydrogen-bond donors (Lipinski definition) is 0. The molecule has 0 saturated carbocycles. The lowest BCUT2D eigenvalue weighted by Gasteiger charge is -2.05. The largest absolute Gasteiger partial charge is 0.248 e. The minimum atomic E-state index is -0.686. The van der Waals surface area contributed by atoms with Crippen LogP contribution in [0.3, 0.4) is 0 Å². The van der Waals surface area contributed by atoms with E-state index in [9.17, 15) is 8.78 Å². The third-order valence-electron chi connectivity index (χ3n) is 4.63. The van der Waals surface area contributed by atoms with Crippen LogP contribution in [0.1, 0.15) is 11.3 Å². The van der Waals surface area contributed by atoms with Crippen molar-refractivity contribution in [3.05, 3.63) is 95.7 Å². The number of fused-ring (bicyclic) bond motifs is 4. The lowest BCUT2D eigenvalue weighted by atomic mass is 10.1. The van der Waals surface area contributed by atoms with Crippen LogP contribution in [-0.4, -0.2) is 9.97 Å². The van der Waals surface area contributed by atoms with Gasteiger partial charge in [-0.25, -0.2) is 18.7 Å². The van der Waals surface area contributed by atoms with E-state index in [1.807, 2.05) is 42.5 Å². The van der Waals surface area contributed by atoms with E-state index in [0.29, 0.717) is 5.69 Å². The molecule has 5 rings (SSSR count). The fraction of sp³-hybridized carbons (Fsp3) is 0. The molecular weight excluding hydrogens is 354 g/mol. The summed E-state index contributed by atoms with van der Waals surface area (Å²) in [5.74, 6) is 3.97. The van der Waals surface area contributed by atoms with Crippen LogP contribution in [-0.2, 0) is 0 Å². The number of hydrogen-bond acceptors (Lipinski definition) is 2.